The number of allylic oxidation sites excluding steroid dienone is 2. The molecule has 21 heavy (non-hydrogen) atoms. The van der Waals surface area contributed by atoms with Crippen LogP contribution in [0.25, 0.3) is 0 Å². The number of fused-ring (bicyclic) bond motifs is 2. The minimum Gasteiger partial charge on any atom is -0.295 e. The van der Waals surface area contributed by atoms with Gasteiger partial charge in [0, 0.05) is 25.0 Å². The number of nitrogens with zero attached hydrogens (tertiary/aromatic N) is 2. The van der Waals surface area contributed by atoms with Gasteiger partial charge in [-0.3, -0.25) is 9.89 Å². The summed E-state index contributed by atoms with van der Waals surface area (Å²) in [5.41, 5.74) is 6.92. The fraction of sp³-hybridized carbons (Fsp3) is 0.421. The zero-order valence-electron chi connectivity index (χ0n) is 12.5. The zero-order chi connectivity index (χ0) is 14.2. The first-order valence-corrected chi connectivity index (χ1v) is 8.02. The molecule has 0 radical (unpaired) electrons. The van der Waals surface area contributed by atoms with Gasteiger partial charge < -0.3 is 0 Å². The highest BCUT2D eigenvalue weighted by Gasteiger charge is 2.61. The number of hydrogen-bond donors (Lipinski definition) is 0. The lowest BCUT2D eigenvalue weighted by Gasteiger charge is -2.49. The molecule has 0 amide bonds. The molecule has 1 aliphatic carbocycles. The fourth-order valence-corrected chi connectivity index (χ4v) is 5.28. The summed E-state index contributed by atoms with van der Waals surface area (Å²) in [5, 5.41) is 0. The minimum absolute atomic E-state index is 0.142. The van der Waals surface area contributed by atoms with Gasteiger partial charge >= 0.3 is 0 Å². The summed E-state index contributed by atoms with van der Waals surface area (Å²) in [5.74, 6) is 0.524. The lowest BCUT2D eigenvalue weighted by molar-refractivity contribution is 0.179. The second kappa shape index (κ2) is 3.75. The van der Waals surface area contributed by atoms with Gasteiger partial charge in [-0.2, -0.15) is 0 Å². The zero-order valence-corrected chi connectivity index (χ0v) is 12.5. The van der Waals surface area contributed by atoms with E-state index >= 15 is 0 Å². The second-order valence-corrected chi connectivity index (χ2v) is 6.86. The Morgan fingerprint density at radius 2 is 2.24 bits per heavy atom. The number of hydrogen-bond acceptors (Lipinski definition) is 2. The summed E-state index contributed by atoms with van der Waals surface area (Å²) in [6, 6.07) is 9.37. The number of benzene rings is 1. The average molecular weight is 276 g/mol. The van der Waals surface area contributed by atoms with Gasteiger partial charge in [-0.15, -0.1) is 0 Å². The molecule has 2 heteroatoms. The summed E-state index contributed by atoms with van der Waals surface area (Å²) in [7, 11) is 0. The van der Waals surface area contributed by atoms with Gasteiger partial charge in [0.05, 0.1) is 16.8 Å². The third kappa shape index (κ3) is 1.22. The molecular formula is C19H20N2. The van der Waals surface area contributed by atoms with Gasteiger partial charge in [0.25, 0.3) is 0 Å². The van der Waals surface area contributed by atoms with Crippen molar-refractivity contribution in [1.29, 1.82) is 0 Å². The van der Waals surface area contributed by atoms with Crippen LogP contribution in [0.3, 0.4) is 0 Å². The van der Waals surface area contributed by atoms with E-state index in [4.69, 9.17) is 4.99 Å². The highest BCUT2D eigenvalue weighted by atomic mass is 15.2. The van der Waals surface area contributed by atoms with Gasteiger partial charge in [0.2, 0.25) is 0 Å². The van der Waals surface area contributed by atoms with E-state index in [1.807, 2.05) is 0 Å². The molecule has 3 fully saturated rings. The molecule has 1 spiro atoms. The van der Waals surface area contributed by atoms with Crippen LogP contribution in [0.2, 0.25) is 0 Å². The van der Waals surface area contributed by atoms with Crippen molar-refractivity contribution < 1.29 is 0 Å². The number of piperidine rings is 1. The molecule has 2 saturated heterocycles. The third-order valence-electron chi connectivity index (χ3n) is 6.23. The predicted octanol–water partition coefficient (Wildman–Crippen LogP) is 3.62. The first-order valence-electron chi connectivity index (χ1n) is 8.02. The number of rotatable bonds is 0. The lowest BCUT2D eigenvalue weighted by atomic mass is 9.59. The summed E-state index contributed by atoms with van der Waals surface area (Å²) >= 11 is 0. The van der Waals surface area contributed by atoms with E-state index in [9.17, 15) is 0 Å². The first kappa shape index (κ1) is 11.9. The Bertz CT molecular complexity index is 727. The van der Waals surface area contributed by atoms with Crippen molar-refractivity contribution in [2.24, 2.45) is 10.9 Å². The quantitative estimate of drug-likeness (QED) is 0.661. The Morgan fingerprint density at radius 1 is 1.38 bits per heavy atom. The van der Waals surface area contributed by atoms with Gasteiger partial charge in [-0.25, -0.2) is 0 Å². The largest absolute Gasteiger partial charge is 0.295 e. The van der Waals surface area contributed by atoms with Gasteiger partial charge in [0.15, 0.2) is 0 Å². The highest BCUT2D eigenvalue weighted by molar-refractivity contribution is 6.14. The van der Waals surface area contributed by atoms with Crippen molar-refractivity contribution in [3.05, 3.63) is 53.6 Å². The molecule has 4 aliphatic rings. The Kier molecular flexibility index (Phi) is 2.13. The lowest BCUT2D eigenvalue weighted by Crippen LogP contribution is -2.56. The highest BCUT2D eigenvalue weighted by Crippen LogP contribution is 2.59. The van der Waals surface area contributed by atoms with E-state index < -0.39 is 0 Å². The Hall–Kier alpha value is -1.67. The Morgan fingerprint density at radius 3 is 3.10 bits per heavy atom. The Balaban J connectivity index is 1.78. The van der Waals surface area contributed by atoms with Crippen LogP contribution >= 0.6 is 0 Å². The van der Waals surface area contributed by atoms with E-state index in [2.05, 4.69) is 48.7 Å². The van der Waals surface area contributed by atoms with Crippen LogP contribution in [0.5, 0.6) is 0 Å². The molecule has 0 N–H and O–H groups in total. The first-order chi connectivity index (χ1) is 10.3. The maximum atomic E-state index is 5.04. The SMILES string of the molecule is C=C1C2=Nc3ccccc3[C@@]23CCN2C/C(=C\C)C1CC23. The molecule has 3 aliphatic heterocycles. The molecule has 1 saturated carbocycles. The predicted molar refractivity (Wildman–Crippen MR) is 86.2 cm³/mol. The summed E-state index contributed by atoms with van der Waals surface area (Å²) in [4.78, 5) is 7.73. The third-order valence-corrected chi connectivity index (χ3v) is 6.23. The number of aliphatic imine (C=N–C) groups is 1. The number of para-hydroxylation sites is 1. The molecule has 3 atom stereocenters. The van der Waals surface area contributed by atoms with Crippen LogP contribution in [0.15, 0.2) is 53.1 Å². The van der Waals surface area contributed by atoms with Crippen LogP contribution in [0, 0.1) is 5.92 Å². The van der Waals surface area contributed by atoms with Crippen molar-refractivity contribution in [3.8, 4) is 0 Å². The van der Waals surface area contributed by atoms with Crippen molar-refractivity contribution in [1.82, 2.24) is 4.90 Å². The molecule has 106 valence electrons. The Labute approximate surface area is 125 Å². The topological polar surface area (TPSA) is 15.6 Å². The van der Waals surface area contributed by atoms with E-state index in [0.29, 0.717) is 12.0 Å². The molecule has 1 aromatic rings. The maximum Gasteiger partial charge on any atom is 0.0675 e. The van der Waals surface area contributed by atoms with Crippen molar-refractivity contribution >= 4 is 11.4 Å². The second-order valence-electron chi connectivity index (χ2n) is 6.86. The molecular weight excluding hydrogens is 256 g/mol. The van der Waals surface area contributed by atoms with E-state index in [0.717, 1.165) is 6.54 Å². The van der Waals surface area contributed by atoms with Gasteiger partial charge in [-0.1, -0.05) is 36.4 Å². The smallest absolute Gasteiger partial charge is 0.0675 e. The molecule has 3 heterocycles. The summed E-state index contributed by atoms with van der Waals surface area (Å²) < 4.78 is 0. The van der Waals surface area contributed by atoms with Crippen LogP contribution in [-0.2, 0) is 5.41 Å². The van der Waals surface area contributed by atoms with Crippen LogP contribution < -0.4 is 0 Å². The standard InChI is InChI=1S/C19H20N2/c1-3-13-11-21-9-8-19-15-6-4-5-7-16(15)20-18(19)12(2)14(13)10-17(19)21/h3-7,14,17H,2,8-11H2,1H3/b13-3+/t14?,17?,19-/m1/s1. The molecule has 2 nitrogen and oxygen atoms in total. The van der Waals surface area contributed by atoms with Crippen molar-refractivity contribution in [2.75, 3.05) is 13.1 Å². The van der Waals surface area contributed by atoms with Crippen LogP contribution in [-0.4, -0.2) is 29.7 Å². The van der Waals surface area contributed by atoms with Crippen LogP contribution in [0.1, 0.15) is 25.3 Å². The monoisotopic (exact) mass is 276 g/mol. The summed E-state index contributed by atoms with van der Waals surface area (Å²) in [6.07, 6.45) is 4.74. The molecule has 0 aromatic heterocycles. The molecule has 2 unspecified atom stereocenters. The van der Waals surface area contributed by atoms with Gasteiger partial charge in [0.1, 0.15) is 0 Å². The maximum absolute atomic E-state index is 5.04. The van der Waals surface area contributed by atoms with Gasteiger partial charge in [-0.05, 0) is 37.0 Å². The average Bonchev–Trinajstić information content (AvgIpc) is 3.07. The van der Waals surface area contributed by atoms with Crippen LogP contribution in [0.4, 0.5) is 5.69 Å². The normalized spacial score (nSPS) is 38.4. The fourth-order valence-electron chi connectivity index (χ4n) is 5.28. The van der Waals surface area contributed by atoms with E-state index in [-0.39, 0.29) is 5.41 Å². The van der Waals surface area contributed by atoms with Crippen molar-refractivity contribution in [2.45, 2.75) is 31.2 Å². The summed E-state index contributed by atoms with van der Waals surface area (Å²) in [6.45, 7) is 8.97. The van der Waals surface area contributed by atoms with Crippen molar-refractivity contribution in [3.63, 3.8) is 0 Å². The van der Waals surface area contributed by atoms with E-state index in [1.54, 1.807) is 5.57 Å². The minimum atomic E-state index is 0.142. The molecule has 5 rings (SSSR count). The van der Waals surface area contributed by atoms with E-state index in [1.165, 1.54) is 41.9 Å². The molecule has 2 bridgehead atoms. The molecule has 1 aromatic carbocycles.